The normalized spacial score (nSPS) is 14.8. The molecule has 1 amide bonds. The standard InChI is InChI=1S/C23H17FN2O5/c24-17-7-4-6-16(12-17)23(28)30-18-8-3-5-15(11-18)13-25-26-22(27)21-14-29-19-9-1-2-10-20(19)31-21/h1-13,21H,14H2,(H,26,27)/b25-13-/t21-/m1/s1. The summed E-state index contributed by atoms with van der Waals surface area (Å²) in [5.41, 5.74) is 3.08. The molecule has 0 aliphatic carbocycles. The number of amides is 1. The van der Waals surface area contributed by atoms with E-state index in [4.69, 9.17) is 14.2 Å². The first-order valence-electron chi connectivity index (χ1n) is 9.38. The number of carbonyl (C=O) groups excluding carboxylic acids is 2. The van der Waals surface area contributed by atoms with E-state index in [-0.39, 0.29) is 17.9 Å². The van der Waals surface area contributed by atoms with Crippen LogP contribution in [0.1, 0.15) is 15.9 Å². The van der Waals surface area contributed by atoms with E-state index in [1.54, 1.807) is 42.5 Å². The number of fused-ring (bicyclic) bond motifs is 1. The monoisotopic (exact) mass is 420 g/mol. The molecule has 3 aromatic carbocycles. The van der Waals surface area contributed by atoms with Crippen LogP contribution < -0.4 is 19.6 Å². The molecule has 1 atom stereocenters. The molecule has 0 radical (unpaired) electrons. The van der Waals surface area contributed by atoms with Crippen molar-refractivity contribution >= 4 is 18.1 Å². The van der Waals surface area contributed by atoms with Crippen molar-refractivity contribution in [1.29, 1.82) is 0 Å². The molecule has 0 aromatic heterocycles. The Morgan fingerprint density at radius 1 is 1.03 bits per heavy atom. The molecule has 0 saturated carbocycles. The van der Waals surface area contributed by atoms with Crippen molar-refractivity contribution < 1.29 is 28.2 Å². The van der Waals surface area contributed by atoms with Crippen LogP contribution in [-0.2, 0) is 4.79 Å². The second-order valence-electron chi connectivity index (χ2n) is 6.57. The quantitative estimate of drug-likeness (QED) is 0.296. The number of hydrogen-bond acceptors (Lipinski definition) is 6. The molecule has 0 fully saturated rings. The Bertz CT molecular complexity index is 1150. The molecule has 1 aliphatic rings. The highest BCUT2D eigenvalue weighted by atomic mass is 19.1. The zero-order chi connectivity index (χ0) is 21.6. The van der Waals surface area contributed by atoms with Crippen LogP contribution in [0, 0.1) is 5.82 Å². The molecule has 31 heavy (non-hydrogen) atoms. The summed E-state index contributed by atoms with van der Waals surface area (Å²) in [6, 6.07) is 18.8. The van der Waals surface area contributed by atoms with E-state index in [1.165, 1.54) is 24.4 Å². The van der Waals surface area contributed by atoms with Gasteiger partial charge >= 0.3 is 5.97 Å². The average molecular weight is 420 g/mol. The summed E-state index contributed by atoms with van der Waals surface area (Å²) in [5.74, 6) is -0.339. The number of carbonyl (C=O) groups is 2. The summed E-state index contributed by atoms with van der Waals surface area (Å²) < 4.78 is 29.7. The molecule has 0 saturated heterocycles. The number of esters is 1. The summed E-state index contributed by atoms with van der Waals surface area (Å²) in [6.45, 7) is 0.0733. The number of halogens is 1. The third-order valence-electron chi connectivity index (χ3n) is 4.32. The minimum Gasteiger partial charge on any atom is -0.485 e. The second kappa shape index (κ2) is 9.08. The third kappa shape index (κ3) is 5.05. The van der Waals surface area contributed by atoms with Crippen LogP contribution >= 0.6 is 0 Å². The Morgan fingerprint density at radius 2 is 1.84 bits per heavy atom. The van der Waals surface area contributed by atoms with Gasteiger partial charge in [0, 0.05) is 0 Å². The Kier molecular flexibility index (Phi) is 5.89. The predicted molar refractivity (Wildman–Crippen MR) is 110 cm³/mol. The molecule has 7 nitrogen and oxygen atoms in total. The van der Waals surface area contributed by atoms with E-state index in [0.717, 1.165) is 6.07 Å². The van der Waals surface area contributed by atoms with Gasteiger partial charge in [-0.25, -0.2) is 14.6 Å². The van der Waals surface area contributed by atoms with Crippen molar-refractivity contribution in [2.45, 2.75) is 6.10 Å². The number of para-hydroxylation sites is 2. The highest BCUT2D eigenvalue weighted by Crippen LogP contribution is 2.30. The lowest BCUT2D eigenvalue weighted by Gasteiger charge is -2.24. The molecular weight excluding hydrogens is 403 g/mol. The minimum atomic E-state index is -0.828. The lowest BCUT2D eigenvalue weighted by atomic mass is 10.2. The second-order valence-corrected chi connectivity index (χ2v) is 6.57. The van der Waals surface area contributed by atoms with Crippen LogP contribution in [0.2, 0.25) is 0 Å². The fraction of sp³-hybridized carbons (Fsp3) is 0.0870. The van der Waals surface area contributed by atoms with Gasteiger partial charge in [0.2, 0.25) is 6.10 Å². The summed E-state index contributed by atoms with van der Waals surface area (Å²) >= 11 is 0. The molecule has 1 heterocycles. The summed E-state index contributed by atoms with van der Waals surface area (Å²) in [7, 11) is 0. The fourth-order valence-electron chi connectivity index (χ4n) is 2.83. The number of hydrogen-bond donors (Lipinski definition) is 1. The Labute approximate surface area is 177 Å². The summed E-state index contributed by atoms with van der Waals surface area (Å²) in [4.78, 5) is 24.4. The first-order chi connectivity index (χ1) is 15.1. The molecule has 3 aromatic rings. The van der Waals surface area contributed by atoms with Crippen molar-refractivity contribution in [2.24, 2.45) is 5.10 Å². The topological polar surface area (TPSA) is 86.2 Å². The third-order valence-corrected chi connectivity index (χ3v) is 4.32. The number of hydrazone groups is 1. The van der Waals surface area contributed by atoms with Crippen molar-refractivity contribution in [3.05, 3.63) is 89.7 Å². The maximum absolute atomic E-state index is 13.3. The number of rotatable bonds is 5. The van der Waals surface area contributed by atoms with Gasteiger partial charge in [0.1, 0.15) is 18.2 Å². The van der Waals surface area contributed by atoms with Gasteiger partial charge in [0.05, 0.1) is 11.8 Å². The Balaban J connectivity index is 1.34. The fourth-order valence-corrected chi connectivity index (χ4v) is 2.83. The highest BCUT2D eigenvalue weighted by Gasteiger charge is 2.26. The van der Waals surface area contributed by atoms with E-state index < -0.39 is 23.8 Å². The predicted octanol–water partition coefficient (Wildman–Crippen LogP) is 3.34. The molecule has 0 bridgehead atoms. The van der Waals surface area contributed by atoms with Crippen LogP contribution in [0.25, 0.3) is 0 Å². The van der Waals surface area contributed by atoms with Crippen LogP contribution in [0.4, 0.5) is 4.39 Å². The van der Waals surface area contributed by atoms with E-state index in [2.05, 4.69) is 10.5 Å². The van der Waals surface area contributed by atoms with Crippen molar-refractivity contribution in [3.8, 4) is 17.2 Å². The van der Waals surface area contributed by atoms with Gasteiger partial charge in [-0.1, -0.05) is 30.3 Å². The minimum absolute atomic E-state index is 0.0733. The van der Waals surface area contributed by atoms with Crippen LogP contribution in [0.5, 0.6) is 17.2 Å². The van der Waals surface area contributed by atoms with Gasteiger partial charge < -0.3 is 14.2 Å². The molecule has 4 rings (SSSR count). The smallest absolute Gasteiger partial charge is 0.343 e. The van der Waals surface area contributed by atoms with Gasteiger partial charge in [-0.15, -0.1) is 0 Å². The molecule has 0 spiro atoms. The van der Waals surface area contributed by atoms with Gasteiger partial charge in [0.15, 0.2) is 11.5 Å². The maximum atomic E-state index is 13.3. The van der Waals surface area contributed by atoms with E-state index in [1.807, 2.05) is 6.07 Å². The SMILES string of the molecule is O=C(Oc1cccc(/C=N\NC(=O)[C@H]2COc3ccccc3O2)c1)c1cccc(F)c1. The first kappa shape index (κ1) is 20.1. The largest absolute Gasteiger partial charge is 0.485 e. The average Bonchev–Trinajstić information content (AvgIpc) is 2.79. The van der Waals surface area contributed by atoms with Gasteiger partial charge in [-0.2, -0.15) is 5.10 Å². The molecule has 0 unspecified atom stereocenters. The maximum Gasteiger partial charge on any atom is 0.343 e. The zero-order valence-corrected chi connectivity index (χ0v) is 16.2. The number of nitrogens with one attached hydrogen (secondary N) is 1. The molecule has 1 N–H and O–H groups in total. The van der Waals surface area contributed by atoms with E-state index in [0.29, 0.717) is 17.1 Å². The zero-order valence-electron chi connectivity index (χ0n) is 16.2. The van der Waals surface area contributed by atoms with Crippen LogP contribution in [0.3, 0.4) is 0 Å². The Morgan fingerprint density at radius 3 is 2.68 bits per heavy atom. The summed E-state index contributed by atoms with van der Waals surface area (Å²) in [5, 5.41) is 3.91. The van der Waals surface area contributed by atoms with Crippen molar-refractivity contribution in [3.63, 3.8) is 0 Å². The number of ether oxygens (including phenoxy) is 3. The molecule has 156 valence electrons. The van der Waals surface area contributed by atoms with Crippen molar-refractivity contribution in [2.75, 3.05) is 6.61 Å². The molecule has 1 aliphatic heterocycles. The summed E-state index contributed by atoms with van der Waals surface area (Å²) in [6.07, 6.45) is 0.570. The first-order valence-corrected chi connectivity index (χ1v) is 9.38. The van der Waals surface area contributed by atoms with E-state index in [9.17, 15) is 14.0 Å². The highest BCUT2D eigenvalue weighted by molar-refractivity contribution is 5.91. The Hall–Kier alpha value is -4.20. The van der Waals surface area contributed by atoms with E-state index >= 15 is 0 Å². The van der Waals surface area contributed by atoms with Crippen LogP contribution in [-0.4, -0.2) is 30.8 Å². The van der Waals surface area contributed by atoms with Gasteiger partial charge in [-0.05, 0) is 48.0 Å². The lowest BCUT2D eigenvalue weighted by Crippen LogP contribution is -2.42. The van der Waals surface area contributed by atoms with Gasteiger partial charge in [-0.3, -0.25) is 4.79 Å². The number of benzene rings is 3. The number of nitrogens with zero attached hydrogens (tertiary/aromatic N) is 1. The van der Waals surface area contributed by atoms with Crippen molar-refractivity contribution in [1.82, 2.24) is 5.43 Å². The lowest BCUT2D eigenvalue weighted by molar-refractivity contribution is -0.130. The van der Waals surface area contributed by atoms with Gasteiger partial charge in [0.25, 0.3) is 5.91 Å². The van der Waals surface area contributed by atoms with Crippen LogP contribution in [0.15, 0.2) is 77.9 Å². The molecule has 8 heteroatoms. The molecular formula is C23H17FN2O5.